The number of para-hydroxylation sites is 1. The normalized spacial score (nSPS) is 15.9. The summed E-state index contributed by atoms with van der Waals surface area (Å²) in [6.45, 7) is 1.31. The second-order valence-electron chi connectivity index (χ2n) is 8.33. The number of carboxylic acids is 1. The number of fused-ring (bicyclic) bond motifs is 3. The van der Waals surface area contributed by atoms with Gasteiger partial charge >= 0.3 is 5.97 Å². The maximum Gasteiger partial charge on any atom is 0.341 e. The van der Waals surface area contributed by atoms with Crippen molar-refractivity contribution >= 4 is 39.1 Å². The molecular weight excluding hydrogens is 423 g/mol. The Kier molecular flexibility index (Phi) is 5.20. The van der Waals surface area contributed by atoms with Crippen molar-refractivity contribution < 1.29 is 14.3 Å². The van der Waals surface area contributed by atoms with Gasteiger partial charge in [-0.05, 0) is 37.1 Å². The van der Waals surface area contributed by atoms with Gasteiger partial charge in [0.2, 0.25) is 5.43 Å². The number of aryl methyl sites for hydroxylation is 1. The van der Waals surface area contributed by atoms with Crippen molar-refractivity contribution in [2.45, 2.75) is 18.9 Å². The molecule has 2 aromatic heterocycles. The average molecular weight is 446 g/mol. The standard InChI is InChI=1S/C25H23FN4O3/c1-29-14-18(25(32)33)24(31)21-17-9-10-19(26)23(22(17)28-13-20(21)29)30-11-5-8-16(30)12-27-15-6-3-2-4-7-15/h2-4,6-7,9-10,13-14,16,27H,5,8,11-12H2,1H3,(H,32,33)/t16-/m0/s1. The molecule has 0 saturated carbocycles. The van der Waals surface area contributed by atoms with Gasteiger partial charge in [0.1, 0.15) is 11.4 Å². The van der Waals surface area contributed by atoms with E-state index in [0.717, 1.165) is 18.5 Å². The lowest BCUT2D eigenvalue weighted by atomic mass is 10.0. The smallest absolute Gasteiger partial charge is 0.341 e. The van der Waals surface area contributed by atoms with Crippen molar-refractivity contribution in [3.8, 4) is 0 Å². The first-order valence-electron chi connectivity index (χ1n) is 10.8. The van der Waals surface area contributed by atoms with Crippen LogP contribution in [-0.2, 0) is 7.05 Å². The fourth-order valence-corrected chi connectivity index (χ4v) is 4.74. The zero-order chi connectivity index (χ0) is 23.1. The number of carboxylic acid groups (broad SMARTS) is 1. The Balaban J connectivity index is 1.63. The van der Waals surface area contributed by atoms with Crippen molar-refractivity contribution in [3.05, 3.63) is 76.5 Å². The monoisotopic (exact) mass is 446 g/mol. The number of halogens is 1. The summed E-state index contributed by atoms with van der Waals surface area (Å²) in [4.78, 5) is 31.2. The number of hydrogen-bond donors (Lipinski definition) is 2. The number of aromatic carboxylic acids is 1. The molecule has 0 radical (unpaired) electrons. The summed E-state index contributed by atoms with van der Waals surface area (Å²) in [5, 5.41) is 13.6. The molecule has 2 aromatic carbocycles. The number of rotatable bonds is 5. The van der Waals surface area contributed by atoms with Crippen LogP contribution in [0.25, 0.3) is 21.8 Å². The van der Waals surface area contributed by atoms with Crippen molar-refractivity contribution in [1.29, 1.82) is 0 Å². The maximum absolute atomic E-state index is 15.2. The van der Waals surface area contributed by atoms with E-state index in [9.17, 15) is 14.7 Å². The van der Waals surface area contributed by atoms with Crippen LogP contribution in [0.4, 0.5) is 15.8 Å². The number of nitrogens with zero attached hydrogens (tertiary/aromatic N) is 3. The van der Waals surface area contributed by atoms with Gasteiger partial charge in [0, 0.05) is 43.4 Å². The number of anilines is 2. The van der Waals surface area contributed by atoms with E-state index in [1.165, 1.54) is 24.5 Å². The highest BCUT2D eigenvalue weighted by Gasteiger charge is 2.29. The molecule has 5 rings (SSSR count). The Morgan fingerprint density at radius 1 is 1.24 bits per heavy atom. The van der Waals surface area contributed by atoms with Crippen molar-refractivity contribution in [3.63, 3.8) is 0 Å². The third-order valence-corrected chi connectivity index (χ3v) is 6.33. The van der Waals surface area contributed by atoms with Gasteiger partial charge in [-0.1, -0.05) is 18.2 Å². The number of aromatic nitrogens is 2. The number of benzene rings is 2. The minimum absolute atomic E-state index is 0.0518. The number of carbonyl (C=O) groups is 1. The first-order valence-corrected chi connectivity index (χ1v) is 10.8. The Bertz CT molecular complexity index is 1440. The van der Waals surface area contributed by atoms with E-state index < -0.39 is 17.2 Å². The molecule has 1 saturated heterocycles. The van der Waals surface area contributed by atoms with E-state index >= 15 is 4.39 Å². The summed E-state index contributed by atoms with van der Waals surface area (Å²) in [6.07, 6.45) is 4.61. The molecular formula is C25H23FN4O3. The molecule has 33 heavy (non-hydrogen) atoms. The lowest BCUT2D eigenvalue weighted by Crippen LogP contribution is -2.35. The van der Waals surface area contributed by atoms with Gasteiger partial charge in [-0.3, -0.25) is 9.78 Å². The lowest BCUT2D eigenvalue weighted by molar-refractivity contribution is 0.0695. The molecule has 7 nitrogen and oxygen atoms in total. The first kappa shape index (κ1) is 20.9. The van der Waals surface area contributed by atoms with Crippen LogP contribution in [0, 0.1) is 5.82 Å². The average Bonchev–Trinajstić information content (AvgIpc) is 3.27. The molecule has 1 fully saturated rings. The molecule has 1 aliphatic heterocycles. The Morgan fingerprint density at radius 3 is 2.79 bits per heavy atom. The SMILES string of the molecule is Cn1cc(C(=O)O)c(=O)c2c3ccc(F)c(N4CCC[C@H]4CNc4ccccc4)c3ncc21. The number of pyridine rings is 2. The molecule has 0 bridgehead atoms. The third kappa shape index (κ3) is 3.57. The van der Waals surface area contributed by atoms with Crippen molar-refractivity contribution in [1.82, 2.24) is 9.55 Å². The second-order valence-corrected chi connectivity index (χ2v) is 8.33. The summed E-state index contributed by atoms with van der Waals surface area (Å²) < 4.78 is 16.8. The fraction of sp³-hybridized carbons (Fsp3) is 0.240. The highest BCUT2D eigenvalue weighted by Crippen LogP contribution is 2.35. The van der Waals surface area contributed by atoms with E-state index in [4.69, 9.17) is 0 Å². The molecule has 4 aromatic rings. The van der Waals surface area contributed by atoms with Crippen molar-refractivity contribution in [2.75, 3.05) is 23.3 Å². The second kappa shape index (κ2) is 8.20. The predicted octanol–water partition coefficient (Wildman–Crippen LogP) is 4.00. The van der Waals surface area contributed by atoms with Crippen LogP contribution in [0.3, 0.4) is 0 Å². The number of hydrogen-bond acceptors (Lipinski definition) is 5. The molecule has 0 aliphatic carbocycles. The Morgan fingerprint density at radius 2 is 2.03 bits per heavy atom. The maximum atomic E-state index is 15.2. The number of nitrogens with one attached hydrogen (secondary N) is 1. The zero-order valence-corrected chi connectivity index (χ0v) is 18.1. The van der Waals surface area contributed by atoms with Crippen LogP contribution in [-0.4, -0.2) is 39.8 Å². The molecule has 0 spiro atoms. The van der Waals surface area contributed by atoms with Crippen LogP contribution in [0.1, 0.15) is 23.2 Å². The molecule has 0 unspecified atom stereocenters. The van der Waals surface area contributed by atoms with Gasteiger partial charge < -0.3 is 19.9 Å². The minimum Gasteiger partial charge on any atom is -0.477 e. The Hall–Kier alpha value is -3.94. The van der Waals surface area contributed by atoms with Crippen LogP contribution in [0.5, 0.6) is 0 Å². The van der Waals surface area contributed by atoms with Gasteiger partial charge in [0.25, 0.3) is 0 Å². The summed E-state index contributed by atoms with van der Waals surface area (Å²) in [6, 6.07) is 12.8. The minimum atomic E-state index is -1.30. The molecule has 0 amide bonds. The molecule has 2 N–H and O–H groups in total. The summed E-state index contributed by atoms with van der Waals surface area (Å²) >= 11 is 0. The van der Waals surface area contributed by atoms with E-state index in [2.05, 4.69) is 10.3 Å². The topological polar surface area (TPSA) is 87.5 Å². The van der Waals surface area contributed by atoms with Gasteiger partial charge in [-0.25, -0.2) is 9.18 Å². The summed E-state index contributed by atoms with van der Waals surface area (Å²) in [7, 11) is 1.66. The van der Waals surface area contributed by atoms with Crippen molar-refractivity contribution in [2.24, 2.45) is 7.05 Å². The quantitative estimate of drug-likeness (QED) is 0.451. The van der Waals surface area contributed by atoms with E-state index in [1.807, 2.05) is 35.2 Å². The van der Waals surface area contributed by atoms with Gasteiger partial charge in [0.05, 0.1) is 28.3 Å². The molecule has 1 aliphatic rings. The van der Waals surface area contributed by atoms with E-state index in [-0.39, 0.29) is 17.0 Å². The van der Waals surface area contributed by atoms with Crippen LogP contribution < -0.4 is 15.6 Å². The summed E-state index contributed by atoms with van der Waals surface area (Å²) in [5.41, 5.74) is 1.30. The predicted molar refractivity (Wildman–Crippen MR) is 127 cm³/mol. The van der Waals surface area contributed by atoms with Crippen LogP contribution in [0.2, 0.25) is 0 Å². The van der Waals surface area contributed by atoms with E-state index in [1.54, 1.807) is 11.6 Å². The van der Waals surface area contributed by atoms with Gasteiger partial charge in [-0.15, -0.1) is 0 Å². The molecule has 3 heterocycles. The lowest BCUT2D eigenvalue weighted by Gasteiger charge is -2.28. The zero-order valence-electron chi connectivity index (χ0n) is 18.1. The van der Waals surface area contributed by atoms with E-state index in [0.29, 0.717) is 35.2 Å². The van der Waals surface area contributed by atoms with Gasteiger partial charge in [0.15, 0.2) is 0 Å². The highest BCUT2D eigenvalue weighted by molar-refractivity contribution is 6.09. The largest absolute Gasteiger partial charge is 0.477 e. The molecule has 168 valence electrons. The highest BCUT2D eigenvalue weighted by atomic mass is 19.1. The first-order chi connectivity index (χ1) is 16.0. The van der Waals surface area contributed by atoms with Crippen LogP contribution in [0.15, 0.2) is 59.7 Å². The Labute approximate surface area is 189 Å². The fourth-order valence-electron chi connectivity index (χ4n) is 4.74. The van der Waals surface area contributed by atoms with Crippen LogP contribution >= 0.6 is 0 Å². The van der Waals surface area contributed by atoms with Gasteiger partial charge in [-0.2, -0.15) is 0 Å². The third-order valence-electron chi connectivity index (χ3n) is 6.33. The molecule has 8 heteroatoms. The summed E-state index contributed by atoms with van der Waals surface area (Å²) in [5.74, 6) is -1.71. The molecule has 1 atom stereocenters.